The zero-order valence-electron chi connectivity index (χ0n) is 11.2. The molecule has 0 aliphatic carbocycles. The average Bonchev–Trinajstić information content (AvgIpc) is 2.42. The molecule has 1 rings (SSSR count). The highest BCUT2D eigenvalue weighted by atomic mass is 35.5. The first-order valence-electron chi connectivity index (χ1n) is 6.07. The van der Waals surface area contributed by atoms with Crippen LogP contribution in [0.15, 0.2) is 23.2 Å². The average molecular weight is 313 g/mol. The molecule has 1 atom stereocenters. The highest BCUT2D eigenvalue weighted by molar-refractivity contribution is 6.33. The highest BCUT2D eigenvalue weighted by Crippen LogP contribution is 2.26. The first kappa shape index (κ1) is 17.1. The standard InChI is InChI=1S/C15H12ClF3N2/c1-2-3-4-5-14(15(17,18)19)21-10-12-7-6-11(9-20)8-13(12)16/h6-8,10,14H,4-5H2,1H3. The molecule has 0 heterocycles. The molecular weight excluding hydrogens is 301 g/mol. The number of hydrogen-bond donors (Lipinski definition) is 0. The lowest BCUT2D eigenvalue weighted by Crippen LogP contribution is -2.27. The van der Waals surface area contributed by atoms with Crippen molar-refractivity contribution in [1.29, 1.82) is 5.26 Å². The van der Waals surface area contributed by atoms with Crippen molar-refractivity contribution in [3.63, 3.8) is 0 Å². The van der Waals surface area contributed by atoms with Gasteiger partial charge < -0.3 is 0 Å². The number of benzene rings is 1. The van der Waals surface area contributed by atoms with E-state index in [9.17, 15) is 13.2 Å². The van der Waals surface area contributed by atoms with Gasteiger partial charge in [0.2, 0.25) is 0 Å². The van der Waals surface area contributed by atoms with Gasteiger partial charge in [-0.1, -0.05) is 17.7 Å². The summed E-state index contributed by atoms with van der Waals surface area (Å²) in [5.41, 5.74) is 0.675. The Kier molecular flexibility index (Phi) is 6.27. The predicted octanol–water partition coefficient (Wildman–Crippen LogP) is 4.36. The second-order valence-corrected chi connectivity index (χ2v) is 4.56. The van der Waals surface area contributed by atoms with Gasteiger partial charge in [0.05, 0.1) is 16.7 Å². The fraction of sp³-hybridized carbons (Fsp3) is 0.333. The van der Waals surface area contributed by atoms with Crippen LogP contribution in [0.3, 0.4) is 0 Å². The molecule has 1 aromatic rings. The molecule has 0 aromatic heterocycles. The smallest absolute Gasteiger partial charge is 0.280 e. The van der Waals surface area contributed by atoms with Gasteiger partial charge >= 0.3 is 6.18 Å². The molecule has 0 fully saturated rings. The molecule has 1 aromatic carbocycles. The molecule has 0 aliphatic heterocycles. The number of hydrogen-bond acceptors (Lipinski definition) is 2. The van der Waals surface area contributed by atoms with Crippen LogP contribution >= 0.6 is 11.6 Å². The zero-order chi connectivity index (χ0) is 15.9. The van der Waals surface area contributed by atoms with E-state index < -0.39 is 12.2 Å². The largest absolute Gasteiger partial charge is 0.410 e. The highest BCUT2D eigenvalue weighted by Gasteiger charge is 2.38. The van der Waals surface area contributed by atoms with Crippen molar-refractivity contribution in [2.75, 3.05) is 0 Å². The maximum absolute atomic E-state index is 12.8. The number of alkyl halides is 3. The Morgan fingerprint density at radius 2 is 2.14 bits per heavy atom. The van der Waals surface area contributed by atoms with Gasteiger partial charge in [-0.05, 0) is 25.5 Å². The number of rotatable bonds is 4. The summed E-state index contributed by atoms with van der Waals surface area (Å²) >= 11 is 5.89. The van der Waals surface area contributed by atoms with Crippen LogP contribution in [-0.2, 0) is 0 Å². The monoisotopic (exact) mass is 312 g/mol. The first-order chi connectivity index (χ1) is 9.88. The van der Waals surface area contributed by atoms with Gasteiger partial charge in [-0.25, -0.2) is 0 Å². The summed E-state index contributed by atoms with van der Waals surface area (Å²) in [6.45, 7) is 1.57. The summed E-state index contributed by atoms with van der Waals surface area (Å²) in [6, 6.07) is 4.40. The van der Waals surface area contributed by atoms with Crippen LogP contribution in [0.4, 0.5) is 13.2 Å². The van der Waals surface area contributed by atoms with E-state index in [0.717, 1.165) is 6.21 Å². The normalized spacial score (nSPS) is 12.6. The number of halogens is 4. The number of aliphatic imine (C=N–C) groups is 1. The van der Waals surface area contributed by atoms with Gasteiger partial charge in [0.25, 0.3) is 0 Å². The fourth-order valence-corrected chi connectivity index (χ4v) is 1.76. The summed E-state index contributed by atoms with van der Waals surface area (Å²) in [5, 5.41) is 8.88. The van der Waals surface area contributed by atoms with E-state index in [1.807, 2.05) is 6.07 Å². The molecule has 21 heavy (non-hydrogen) atoms. The van der Waals surface area contributed by atoms with Crippen molar-refractivity contribution >= 4 is 17.8 Å². The molecule has 110 valence electrons. The molecular formula is C15H12ClF3N2. The molecule has 0 bridgehead atoms. The maximum atomic E-state index is 12.8. The minimum atomic E-state index is -4.43. The summed E-state index contributed by atoms with van der Waals surface area (Å²) in [4.78, 5) is 3.57. The number of nitriles is 1. The van der Waals surface area contributed by atoms with Crippen molar-refractivity contribution in [2.24, 2.45) is 4.99 Å². The lowest BCUT2D eigenvalue weighted by atomic mass is 10.1. The van der Waals surface area contributed by atoms with E-state index in [1.165, 1.54) is 18.2 Å². The first-order valence-corrected chi connectivity index (χ1v) is 6.45. The van der Waals surface area contributed by atoms with Crippen LogP contribution in [0.2, 0.25) is 5.02 Å². The Labute approximate surface area is 126 Å². The van der Waals surface area contributed by atoms with Gasteiger partial charge in [-0.3, -0.25) is 4.99 Å². The molecule has 0 amide bonds. The summed E-state index contributed by atoms with van der Waals surface area (Å²) in [7, 11) is 0. The predicted molar refractivity (Wildman–Crippen MR) is 76.3 cm³/mol. The second kappa shape index (κ2) is 7.71. The molecule has 6 heteroatoms. The van der Waals surface area contributed by atoms with Gasteiger partial charge in [-0.2, -0.15) is 18.4 Å². The molecule has 0 N–H and O–H groups in total. The summed E-state index contributed by atoms with van der Waals surface area (Å²) < 4.78 is 38.5. The van der Waals surface area contributed by atoms with E-state index in [4.69, 9.17) is 16.9 Å². The van der Waals surface area contributed by atoms with Crippen LogP contribution < -0.4 is 0 Å². The summed E-state index contributed by atoms with van der Waals surface area (Å²) in [6.07, 6.45) is -3.42. The Hall–Kier alpha value is -1.98. The molecule has 0 saturated carbocycles. The molecule has 1 unspecified atom stereocenters. The van der Waals surface area contributed by atoms with Gasteiger partial charge in [0.15, 0.2) is 0 Å². The van der Waals surface area contributed by atoms with E-state index in [2.05, 4.69) is 16.8 Å². The fourth-order valence-electron chi connectivity index (χ4n) is 1.53. The second-order valence-electron chi connectivity index (χ2n) is 4.15. The Morgan fingerprint density at radius 1 is 1.43 bits per heavy atom. The summed E-state index contributed by atoms with van der Waals surface area (Å²) in [5.74, 6) is 5.14. The lowest BCUT2D eigenvalue weighted by molar-refractivity contribution is -0.147. The zero-order valence-corrected chi connectivity index (χ0v) is 12.0. The molecule has 0 radical (unpaired) electrons. The van der Waals surface area contributed by atoms with Crippen molar-refractivity contribution in [3.8, 4) is 17.9 Å². The minimum Gasteiger partial charge on any atom is -0.280 e. The van der Waals surface area contributed by atoms with Crippen molar-refractivity contribution in [1.82, 2.24) is 0 Å². The van der Waals surface area contributed by atoms with E-state index in [-0.39, 0.29) is 17.9 Å². The van der Waals surface area contributed by atoms with Crippen LogP contribution in [0, 0.1) is 23.2 Å². The topological polar surface area (TPSA) is 36.1 Å². The third kappa shape index (κ3) is 5.49. The van der Waals surface area contributed by atoms with Crippen LogP contribution in [0.1, 0.15) is 30.9 Å². The Bertz CT molecular complexity index is 619. The number of nitrogens with zero attached hydrogens (tertiary/aromatic N) is 2. The van der Waals surface area contributed by atoms with Gasteiger partial charge in [0.1, 0.15) is 6.04 Å². The van der Waals surface area contributed by atoms with Crippen molar-refractivity contribution in [2.45, 2.75) is 32.0 Å². The van der Waals surface area contributed by atoms with E-state index in [1.54, 1.807) is 6.92 Å². The van der Waals surface area contributed by atoms with Crippen molar-refractivity contribution in [3.05, 3.63) is 34.3 Å². The molecule has 0 aliphatic rings. The quantitative estimate of drug-likeness (QED) is 0.601. The SMILES string of the molecule is CC#CCCC(N=Cc1ccc(C#N)cc1Cl)C(F)(F)F. The van der Waals surface area contributed by atoms with Crippen LogP contribution in [-0.4, -0.2) is 18.4 Å². The van der Waals surface area contributed by atoms with E-state index >= 15 is 0 Å². The molecule has 0 spiro atoms. The maximum Gasteiger partial charge on any atom is 0.410 e. The van der Waals surface area contributed by atoms with E-state index in [0.29, 0.717) is 11.1 Å². The Morgan fingerprint density at radius 3 is 2.67 bits per heavy atom. The van der Waals surface area contributed by atoms with Crippen LogP contribution in [0.25, 0.3) is 0 Å². The minimum absolute atomic E-state index is 0.124. The molecule has 2 nitrogen and oxygen atoms in total. The third-order valence-electron chi connectivity index (χ3n) is 2.62. The van der Waals surface area contributed by atoms with Gasteiger partial charge in [-0.15, -0.1) is 11.8 Å². The lowest BCUT2D eigenvalue weighted by Gasteiger charge is -2.14. The molecule has 0 saturated heterocycles. The van der Waals surface area contributed by atoms with Crippen molar-refractivity contribution < 1.29 is 13.2 Å². The van der Waals surface area contributed by atoms with Gasteiger partial charge in [0, 0.05) is 18.2 Å². The third-order valence-corrected chi connectivity index (χ3v) is 2.95. The Balaban J connectivity index is 2.91. The van der Waals surface area contributed by atoms with Crippen LogP contribution in [0.5, 0.6) is 0 Å².